The van der Waals surface area contributed by atoms with Crippen LogP contribution in [0.15, 0.2) is 0 Å². The Morgan fingerprint density at radius 2 is 1.75 bits per heavy atom. The van der Waals surface area contributed by atoms with E-state index in [0.29, 0.717) is 4.25 Å². The second kappa shape index (κ2) is 3.12. The van der Waals surface area contributed by atoms with E-state index in [0.717, 1.165) is 5.92 Å². The summed E-state index contributed by atoms with van der Waals surface area (Å²) in [7, 11) is 5.81. The molecule has 48 valence electrons. The van der Waals surface area contributed by atoms with Crippen LogP contribution in [0.5, 0.6) is 0 Å². The van der Waals surface area contributed by atoms with Gasteiger partial charge in [0, 0.05) is 0 Å². The van der Waals surface area contributed by atoms with E-state index in [-0.39, 0.29) is 14.5 Å². The quantitative estimate of drug-likeness (QED) is 0.591. The molecule has 0 aromatic carbocycles. The molecule has 0 aliphatic rings. The summed E-state index contributed by atoms with van der Waals surface area (Å²) in [4.78, 5) is 0. The summed E-state index contributed by atoms with van der Waals surface area (Å²) in [5, 5.41) is 0. The third-order valence-electron chi connectivity index (χ3n) is 1.69. The van der Waals surface area contributed by atoms with Crippen molar-refractivity contribution in [1.29, 1.82) is 0 Å². The van der Waals surface area contributed by atoms with E-state index in [2.05, 4.69) is 27.7 Å². The van der Waals surface area contributed by atoms with E-state index >= 15 is 0 Å². The maximum atomic E-state index is 5.81. The fraction of sp³-hybridized carbons (Fsp3) is 1.00. The van der Waals surface area contributed by atoms with Crippen LogP contribution in [0.3, 0.4) is 0 Å². The van der Waals surface area contributed by atoms with E-state index in [1.165, 1.54) is 0 Å². The molecule has 0 rings (SSSR count). The van der Waals surface area contributed by atoms with Crippen LogP contribution in [0.1, 0.15) is 27.7 Å². The van der Waals surface area contributed by atoms with Gasteiger partial charge in [0.25, 0.3) is 0 Å². The molecule has 0 spiro atoms. The first-order valence-electron chi connectivity index (χ1n) is 2.88. The summed E-state index contributed by atoms with van der Waals surface area (Å²) in [5.74, 6) is 0.736. The second-order valence-electron chi connectivity index (χ2n) is 2.97. The van der Waals surface area contributed by atoms with Crippen LogP contribution in [0.25, 0.3) is 0 Å². The summed E-state index contributed by atoms with van der Waals surface area (Å²) in [5.41, 5.74) is 0. The molecule has 0 saturated heterocycles. The van der Waals surface area contributed by atoms with E-state index in [1.807, 2.05) is 0 Å². The fourth-order valence-electron chi connectivity index (χ4n) is 0.109. The topological polar surface area (TPSA) is 0 Å². The van der Waals surface area contributed by atoms with Crippen LogP contribution in [0, 0.1) is 5.92 Å². The number of hydrogen-bond donors (Lipinski definition) is 0. The first kappa shape index (κ1) is 8.83. The molecule has 0 fully saturated rings. The predicted molar refractivity (Wildman–Crippen MR) is 40.5 cm³/mol. The van der Waals surface area contributed by atoms with Gasteiger partial charge in [-0.15, -0.1) is 0 Å². The van der Waals surface area contributed by atoms with Crippen LogP contribution >= 0.6 is 10.0 Å². The average Bonchev–Trinajstić information content (AvgIpc) is 1.67. The van der Waals surface area contributed by atoms with Gasteiger partial charge in [0.1, 0.15) is 0 Å². The Labute approximate surface area is 62.7 Å². The van der Waals surface area contributed by atoms with Crippen molar-refractivity contribution in [2.75, 3.05) is 0 Å². The Hall–Kier alpha value is 0.833. The molecule has 0 N–H and O–H groups in total. The van der Waals surface area contributed by atoms with Crippen LogP contribution in [-0.4, -0.2) is 14.5 Å². The molecule has 2 heteroatoms. The zero-order valence-electron chi connectivity index (χ0n) is 5.96. The van der Waals surface area contributed by atoms with Gasteiger partial charge in [-0.3, -0.25) is 0 Å². The summed E-state index contributed by atoms with van der Waals surface area (Å²) in [6, 6.07) is 0. The first-order valence-corrected chi connectivity index (χ1v) is 6.69. The van der Waals surface area contributed by atoms with Crippen LogP contribution < -0.4 is 0 Å². The predicted octanol–water partition coefficient (Wildman–Crippen LogP) is 2.70. The van der Waals surface area contributed by atoms with Crippen molar-refractivity contribution in [3.8, 4) is 0 Å². The van der Waals surface area contributed by atoms with Gasteiger partial charge in [0.2, 0.25) is 0 Å². The fourth-order valence-corrected chi connectivity index (χ4v) is 1.70. The van der Waals surface area contributed by atoms with Crippen LogP contribution in [0.2, 0.25) is 4.25 Å². The maximum absolute atomic E-state index is 5.81. The van der Waals surface area contributed by atoms with E-state index in [4.69, 9.17) is 10.0 Å². The minimum atomic E-state index is -0.225. The monoisotopic (exact) mass is 194 g/mol. The Morgan fingerprint density at radius 3 is 1.75 bits per heavy atom. The molecular formula is C6H13ClGe. The Morgan fingerprint density at radius 1 is 1.38 bits per heavy atom. The van der Waals surface area contributed by atoms with Gasteiger partial charge < -0.3 is 0 Å². The molecule has 0 amide bonds. The molecule has 0 aromatic heterocycles. The van der Waals surface area contributed by atoms with E-state index < -0.39 is 0 Å². The van der Waals surface area contributed by atoms with Crippen LogP contribution in [0.4, 0.5) is 0 Å². The van der Waals surface area contributed by atoms with Crippen LogP contribution in [-0.2, 0) is 0 Å². The number of rotatable bonds is 2. The third-order valence-corrected chi connectivity index (χ3v) is 6.45. The Bertz CT molecular complexity index is 68.9. The first-order chi connectivity index (χ1) is 3.50. The van der Waals surface area contributed by atoms with Crippen molar-refractivity contribution in [1.82, 2.24) is 0 Å². The minimum absolute atomic E-state index is 0.225. The molecule has 0 aliphatic heterocycles. The van der Waals surface area contributed by atoms with Gasteiger partial charge in [-0.25, -0.2) is 0 Å². The van der Waals surface area contributed by atoms with E-state index in [1.54, 1.807) is 0 Å². The zero-order valence-corrected chi connectivity index (χ0v) is 8.81. The zero-order chi connectivity index (χ0) is 6.78. The Kier molecular flexibility index (Phi) is 3.44. The number of halogens is 1. The Balaban J connectivity index is 3.71. The van der Waals surface area contributed by atoms with Crippen molar-refractivity contribution in [3.05, 3.63) is 0 Å². The second-order valence-corrected chi connectivity index (χ2v) is 7.05. The van der Waals surface area contributed by atoms with Crippen molar-refractivity contribution in [2.24, 2.45) is 5.92 Å². The molecule has 0 aliphatic carbocycles. The van der Waals surface area contributed by atoms with E-state index in [9.17, 15) is 0 Å². The van der Waals surface area contributed by atoms with Crippen molar-refractivity contribution >= 4 is 24.5 Å². The molecule has 8 heavy (non-hydrogen) atoms. The van der Waals surface area contributed by atoms with Crippen molar-refractivity contribution in [3.63, 3.8) is 0 Å². The van der Waals surface area contributed by atoms with Gasteiger partial charge >= 0.3 is 62.4 Å². The standard InChI is InChI=1S/C6H13ClGe/c1-5(2)6(3,4)8-7/h5H,1-4H3. The summed E-state index contributed by atoms with van der Waals surface area (Å²) < 4.78 is 0.432. The molecule has 0 atom stereocenters. The molecule has 0 bridgehead atoms. The summed E-state index contributed by atoms with van der Waals surface area (Å²) in [6.45, 7) is 8.94. The molecule has 0 saturated carbocycles. The molecule has 0 heterocycles. The summed E-state index contributed by atoms with van der Waals surface area (Å²) in [6.07, 6.45) is 0. The molecule has 0 aromatic rings. The van der Waals surface area contributed by atoms with Gasteiger partial charge in [0.05, 0.1) is 0 Å². The average molecular weight is 193 g/mol. The van der Waals surface area contributed by atoms with Crippen molar-refractivity contribution < 1.29 is 0 Å². The third kappa shape index (κ3) is 2.40. The molecule has 2 radical (unpaired) electrons. The number of hydrogen-bond acceptors (Lipinski definition) is 0. The molecule has 0 unspecified atom stereocenters. The molecular weight excluding hydrogens is 180 g/mol. The van der Waals surface area contributed by atoms with Gasteiger partial charge in [-0.1, -0.05) is 0 Å². The summed E-state index contributed by atoms with van der Waals surface area (Å²) >= 11 is -0.225. The van der Waals surface area contributed by atoms with Gasteiger partial charge in [-0.05, 0) is 0 Å². The normalized spacial score (nSPS) is 12.8. The van der Waals surface area contributed by atoms with Gasteiger partial charge in [0.15, 0.2) is 0 Å². The SMILES string of the molecule is CC(C)[C](C)(C)[Ge][Cl]. The van der Waals surface area contributed by atoms with Crippen molar-refractivity contribution in [2.45, 2.75) is 31.9 Å². The van der Waals surface area contributed by atoms with Gasteiger partial charge in [-0.2, -0.15) is 0 Å². The molecule has 0 nitrogen and oxygen atoms in total.